The van der Waals surface area contributed by atoms with Crippen molar-refractivity contribution in [2.75, 3.05) is 25.5 Å². The lowest BCUT2D eigenvalue weighted by atomic mass is 10.2. The van der Waals surface area contributed by atoms with Gasteiger partial charge in [0.1, 0.15) is 10.6 Å². The molecule has 4 rings (SSSR count). The number of nitrogens with zero attached hydrogens (tertiary/aromatic N) is 1. The van der Waals surface area contributed by atoms with Crippen LogP contribution in [0.5, 0.6) is 5.75 Å². The first-order chi connectivity index (χ1) is 15.8. The van der Waals surface area contributed by atoms with Gasteiger partial charge in [-0.2, -0.15) is 4.31 Å². The van der Waals surface area contributed by atoms with Gasteiger partial charge in [0, 0.05) is 28.9 Å². The average Bonchev–Trinajstić information content (AvgIpc) is 3.15. The van der Waals surface area contributed by atoms with E-state index in [4.69, 9.17) is 28.6 Å². The van der Waals surface area contributed by atoms with Gasteiger partial charge < -0.3 is 10.1 Å². The van der Waals surface area contributed by atoms with Crippen molar-refractivity contribution in [2.45, 2.75) is 24.2 Å². The molecule has 0 atom stereocenters. The summed E-state index contributed by atoms with van der Waals surface area (Å²) in [6.07, 6.45) is 2.81. The van der Waals surface area contributed by atoms with Crippen molar-refractivity contribution >= 4 is 72.0 Å². The largest absolute Gasteiger partial charge is 0.497 e. The highest BCUT2D eigenvalue weighted by atomic mass is 35.5. The van der Waals surface area contributed by atoms with E-state index in [9.17, 15) is 13.2 Å². The predicted molar refractivity (Wildman–Crippen MR) is 136 cm³/mol. The molecule has 0 bridgehead atoms. The number of methoxy groups -OCH3 is 1. The minimum atomic E-state index is -3.50. The molecule has 3 aromatic rings. The number of sulfonamides is 1. The zero-order valence-corrected chi connectivity index (χ0v) is 21.0. The summed E-state index contributed by atoms with van der Waals surface area (Å²) in [7, 11) is -1.93. The Morgan fingerprint density at radius 3 is 2.48 bits per heavy atom. The van der Waals surface area contributed by atoms with Crippen molar-refractivity contribution in [2.24, 2.45) is 0 Å². The van der Waals surface area contributed by atoms with Crippen LogP contribution < -0.4 is 15.4 Å². The molecule has 1 fully saturated rings. The van der Waals surface area contributed by atoms with E-state index >= 15 is 0 Å². The van der Waals surface area contributed by atoms with Crippen LogP contribution in [0.1, 0.15) is 28.9 Å². The van der Waals surface area contributed by atoms with Crippen LogP contribution in [0.25, 0.3) is 10.1 Å². The minimum absolute atomic E-state index is 0.0812. The standard InChI is InChI=1S/C22H22ClN3O4S3/c1-30-15-7-10-17-18(13-15)32-20(19(17)23)21(27)25-22(31)24-14-5-8-16(9-6-14)33(28,29)26-11-3-2-4-12-26/h5-10,13H,2-4,11-12H2,1H3,(H2,24,25,27,31). The third-order valence-corrected chi connectivity index (χ3v) is 9.11. The maximum absolute atomic E-state index is 12.8. The van der Waals surface area contributed by atoms with Gasteiger partial charge in [-0.25, -0.2) is 8.42 Å². The van der Waals surface area contributed by atoms with E-state index in [-0.39, 0.29) is 10.0 Å². The number of thiophene rings is 1. The number of rotatable bonds is 5. The number of carbonyl (C=O) groups is 1. The van der Waals surface area contributed by atoms with Crippen molar-refractivity contribution in [1.82, 2.24) is 9.62 Å². The highest BCUT2D eigenvalue weighted by molar-refractivity contribution is 7.89. The molecule has 1 amide bonds. The second kappa shape index (κ2) is 9.94. The number of halogens is 1. The van der Waals surface area contributed by atoms with E-state index in [1.54, 1.807) is 31.4 Å². The number of benzene rings is 2. The molecule has 1 saturated heterocycles. The van der Waals surface area contributed by atoms with Crippen LogP contribution in [0.3, 0.4) is 0 Å². The smallest absolute Gasteiger partial charge is 0.269 e. The van der Waals surface area contributed by atoms with Gasteiger partial charge in [0.15, 0.2) is 5.11 Å². The molecule has 0 aliphatic carbocycles. The number of fused-ring (bicyclic) bond motifs is 1. The lowest BCUT2D eigenvalue weighted by Crippen LogP contribution is -2.35. The lowest BCUT2D eigenvalue weighted by molar-refractivity contribution is 0.0982. The number of amides is 1. The number of hydrogen-bond donors (Lipinski definition) is 2. The van der Waals surface area contributed by atoms with Crippen molar-refractivity contribution in [3.05, 3.63) is 52.4 Å². The van der Waals surface area contributed by atoms with Crippen LogP contribution >= 0.6 is 35.2 Å². The monoisotopic (exact) mass is 523 g/mol. The molecule has 2 N–H and O–H groups in total. The Morgan fingerprint density at radius 2 is 1.82 bits per heavy atom. The van der Waals surface area contributed by atoms with E-state index in [0.29, 0.717) is 34.4 Å². The summed E-state index contributed by atoms with van der Waals surface area (Å²) < 4.78 is 33.1. The maximum Gasteiger partial charge on any atom is 0.269 e. The number of piperidine rings is 1. The molecule has 0 saturated carbocycles. The van der Waals surface area contributed by atoms with Crippen molar-refractivity contribution in [3.8, 4) is 5.75 Å². The molecule has 0 unspecified atom stereocenters. The molecule has 0 radical (unpaired) electrons. The highest BCUT2D eigenvalue weighted by Gasteiger charge is 2.25. The fourth-order valence-electron chi connectivity index (χ4n) is 3.61. The van der Waals surface area contributed by atoms with Gasteiger partial charge in [-0.1, -0.05) is 18.0 Å². The van der Waals surface area contributed by atoms with Crippen molar-refractivity contribution in [3.63, 3.8) is 0 Å². The number of hydrogen-bond acceptors (Lipinski definition) is 6. The van der Waals surface area contributed by atoms with Crippen LogP contribution in [0.4, 0.5) is 5.69 Å². The summed E-state index contributed by atoms with van der Waals surface area (Å²) in [5, 5.41) is 6.72. The number of thiocarbonyl (C=S) groups is 1. The summed E-state index contributed by atoms with van der Waals surface area (Å²) in [6, 6.07) is 11.7. The van der Waals surface area contributed by atoms with Gasteiger partial charge in [0.25, 0.3) is 5.91 Å². The molecule has 7 nitrogen and oxygen atoms in total. The second-order valence-corrected chi connectivity index (χ2v) is 11.3. The molecule has 1 aliphatic rings. The van der Waals surface area contributed by atoms with Crippen LogP contribution in [0.2, 0.25) is 5.02 Å². The Balaban J connectivity index is 1.42. The number of anilines is 1. The second-order valence-electron chi connectivity index (χ2n) is 7.50. The average molecular weight is 524 g/mol. The molecule has 0 spiro atoms. The van der Waals surface area contributed by atoms with Gasteiger partial charge in [-0.05, 0) is 67.5 Å². The predicted octanol–water partition coefficient (Wildman–Crippen LogP) is 4.86. The van der Waals surface area contributed by atoms with Crippen molar-refractivity contribution in [1.29, 1.82) is 0 Å². The molecule has 11 heteroatoms. The molecular weight excluding hydrogens is 502 g/mol. The van der Waals surface area contributed by atoms with Crippen molar-refractivity contribution < 1.29 is 17.9 Å². The first kappa shape index (κ1) is 23.9. The van der Waals surface area contributed by atoms with Gasteiger partial charge in [-0.15, -0.1) is 11.3 Å². The lowest BCUT2D eigenvalue weighted by Gasteiger charge is -2.25. The Labute approximate surface area is 206 Å². The summed E-state index contributed by atoms with van der Waals surface area (Å²) in [5.41, 5.74) is 0.560. The third-order valence-electron chi connectivity index (χ3n) is 5.33. The molecular formula is C22H22ClN3O4S3. The first-order valence-corrected chi connectivity index (χ1v) is 13.3. The Bertz CT molecular complexity index is 1300. The quantitative estimate of drug-likeness (QED) is 0.464. The van der Waals surface area contributed by atoms with Crippen LogP contribution in [0, 0.1) is 0 Å². The Hall–Kier alpha value is -2.24. The first-order valence-electron chi connectivity index (χ1n) is 10.3. The minimum Gasteiger partial charge on any atom is -0.497 e. The number of ether oxygens (including phenoxy) is 1. The van der Waals surface area contributed by atoms with Crippen LogP contribution in [0.15, 0.2) is 47.4 Å². The van der Waals surface area contributed by atoms with Gasteiger partial charge in [0.2, 0.25) is 10.0 Å². The van der Waals surface area contributed by atoms with E-state index in [1.807, 2.05) is 6.07 Å². The summed E-state index contributed by atoms with van der Waals surface area (Å²) in [5.74, 6) is 0.247. The summed E-state index contributed by atoms with van der Waals surface area (Å²) in [4.78, 5) is 13.3. The molecule has 33 heavy (non-hydrogen) atoms. The molecule has 174 valence electrons. The highest BCUT2D eigenvalue weighted by Crippen LogP contribution is 2.37. The molecule has 2 heterocycles. The molecule has 2 aromatic carbocycles. The van der Waals surface area contributed by atoms with Gasteiger partial charge in [-0.3, -0.25) is 10.1 Å². The number of nitrogens with one attached hydrogen (secondary N) is 2. The van der Waals surface area contributed by atoms with E-state index in [2.05, 4.69) is 10.6 Å². The van der Waals surface area contributed by atoms with E-state index < -0.39 is 15.9 Å². The zero-order chi connectivity index (χ0) is 23.6. The molecule has 1 aromatic heterocycles. The summed E-state index contributed by atoms with van der Waals surface area (Å²) in [6.45, 7) is 1.09. The topological polar surface area (TPSA) is 87.7 Å². The Morgan fingerprint density at radius 1 is 1.12 bits per heavy atom. The van der Waals surface area contributed by atoms with E-state index in [1.165, 1.54) is 27.8 Å². The van der Waals surface area contributed by atoms with Crippen LogP contribution in [-0.4, -0.2) is 43.9 Å². The number of carbonyl (C=O) groups excluding carboxylic acids is 1. The summed E-state index contributed by atoms with van der Waals surface area (Å²) >= 11 is 12.9. The third kappa shape index (κ3) is 5.15. The fraction of sp³-hybridized carbons (Fsp3) is 0.273. The Kier molecular flexibility index (Phi) is 7.20. The molecule has 1 aliphatic heterocycles. The van der Waals surface area contributed by atoms with Gasteiger partial charge in [0.05, 0.1) is 17.0 Å². The van der Waals surface area contributed by atoms with Gasteiger partial charge >= 0.3 is 0 Å². The van der Waals surface area contributed by atoms with E-state index in [0.717, 1.165) is 29.3 Å². The maximum atomic E-state index is 12.8. The SMILES string of the molecule is COc1ccc2c(Cl)c(C(=O)NC(=S)Nc3ccc(S(=O)(=O)N4CCCCC4)cc3)sc2c1. The fourth-order valence-corrected chi connectivity index (χ4v) is 6.77. The normalized spacial score (nSPS) is 14.7. The van der Waals surface area contributed by atoms with Crippen LogP contribution in [-0.2, 0) is 10.0 Å². The zero-order valence-electron chi connectivity index (χ0n) is 17.8.